The Labute approximate surface area is 147 Å². The number of nitrogens with zero attached hydrogens (tertiary/aromatic N) is 3. The molecule has 0 aliphatic rings. The topological polar surface area (TPSA) is 93.8 Å². The summed E-state index contributed by atoms with van der Waals surface area (Å²) in [6.45, 7) is 7.42. The van der Waals surface area contributed by atoms with E-state index in [0.717, 1.165) is 18.0 Å². The van der Waals surface area contributed by atoms with Crippen molar-refractivity contribution in [3.05, 3.63) is 36.0 Å². The lowest BCUT2D eigenvalue weighted by Gasteiger charge is -2.18. The highest BCUT2D eigenvalue weighted by Gasteiger charge is 2.07. The zero-order valence-corrected chi connectivity index (χ0v) is 15.1. The lowest BCUT2D eigenvalue weighted by molar-refractivity contribution is 0.223. The van der Waals surface area contributed by atoms with E-state index in [1.165, 1.54) is 0 Å². The Morgan fingerprint density at radius 2 is 2.12 bits per heavy atom. The van der Waals surface area contributed by atoms with Crippen molar-refractivity contribution >= 4 is 5.96 Å². The maximum absolute atomic E-state index is 5.89. The Morgan fingerprint density at radius 1 is 1.32 bits per heavy atom. The second-order valence-electron chi connectivity index (χ2n) is 5.42. The molecule has 1 heterocycles. The smallest absolute Gasteiger partial charge is 0.248 e. The monoisotopic (exact) mass is 347 g/mol. The Morgan fingerprint density at radius 3 is 2.80 bits per heavy atom. The van der Waals surface area contributed by atoms with Crippen molar-refractivity contribution in [3.63, 3.8) is 0 Å². The van der Waals surface area contributed by atoms with E-state index in [2.05, 4.69) is 25.8 Å². The first-order chi connectivity index (χ1) is 12.1. The average molecular weight is 347 g/mol. The van der Waals surface area contributed by atoms with Crippen LogP contribution in [0.4, 0.5) is 0 Å². The van der Waals surface area contributed by atoms with Crippen molar-refractivity contribution in [1.82, 2.24) is 20.8 Å². The zero-order valence-electron chi connectivity index (χ0n) is 15.1. The number of hydrogen-bond donors (Lipinski definition) is 2. The number of aromatic nitrogens is 2. The highest BCUT2D eigenvalue weighted by Crippen LogP contribution is 2.19. The summed E-state index contributed by atoms with van der Waals surface area (Å²) in [6, 6.07) is 7.53. The number of aryl methyl sites for hydroxylation is 1. The van der Waals surface area contributed by atoms with Gasteiger partial charge in [-0.1, -0.05) is 11.2 Å². The van der Waals surface area contributed by atoms with Crippen LogP contribution in [0.3, 0.4) is 0 Å². The summed E-state index contributed by atoms with van der Waals surface area (Å²) >= 11 is 0. The lowest BCUT2D eigenvalue weighted by Crippen LogP contribution is -2.41. The molecule has 2 aromatic rings. The predicted molar refractivity (Wildman–Crippen MR) is 94.9 cm³/mol. The van der Waals surface area contributed by atoms with Gasteiger partial charge in [-0.3, -0.25) is 0 Å². The Kier molecular flexibility index (Phi) is 7.06. The van der Waals surface area contributed by atoms with Crippen LogP contribution in [0.15, 0.2) is 33.8 Å². The molecule has 0 aliphatic heterocycles. The molecule has 0 fully saturated rings. The molecule has 2 N–H and O–H groups in total. The van der Waals surface area contributed by atoms with Gasteiger partial charge in [0.05, 0.1) is 13.7 Å². The first kappa shape index (κ1) is 18.6. The number of aliphatic imine (C=N–C) groups is 1. The van der Waals surface area contributed by atoms with E-state index >= 15 is 0 Å². The van der Waals surface area contributed by atoms with Crippen LogP contribution in [-0.4, -0.2) is 42.4 Å². The van der Waals surface area contributed by atoms with E-state index in [9.17, 15) is 0 Å². The third kappa shape index (κ3) is 6.33. The van der Waals surface area contributed by atoms with Gasteiger partial charge >= 0.3 is 0 Å². The fourth-order valence-electron chi connectivity index (χ4n) is 2.08. The molecular formula is C17H25N5O3. The summed E-state index contributed by atoms with van der Waals surface area (Å²) in [7, 11) is 1.63. The minimum atomic E-state index is -0.0541. The minimum Gasteiger partial charge on any atom is -0.497 e. The van der Waals surface area contributed by atoms with E-state index in [-0.39, 0.29) is 6.10 Å². The molecule has 8 nitrogen and oxygen atoms in total. The van der Waals surface area contributed by atoms with Gasteiger partial charge < -0.3 is 24.6 Å². The lowest BCUT2D eigenvalue weighted by atomic mass is 10.3. The quantitative estimate of drug-likeness (QED) is 0.556. The third-order valence-corrected chi connectivity index (χ3v) is 3.22. The molecule has 0 bridgehead atoms. The maximum atomic E-state index is 5.89. The van der Waals surface area contributed by atoms with E-state index in [4.69, 9.17) is 14.0 Å². The van der Waals surface area contributed by atoms with E-state index in [1.807, 2.05) is 38.1 Å². The molecule has 0 amide bonds. The van der Waals surface area contributed by atoms with Crippen LogP contribution in [0.2, 0.25) is 0 Å². The fourth-order valence-corrected chi connectivity index (χ4v) is 2.08. The van der Waals surface area contributed by atoms with Gasteiger partial charge in [0.15, 0.2) is 11.8 Å². The molecule has 8 heteroatoms. The summed E-state index contributed by atoms with van der Waals surface area (Å²) in [5.74, 6) is 3.28. The largest absolute Gasteiger partial charge is 0.497 e. The molecule has 0 aliphatic carbocycles. The number of hydrogen-bond acceptors (Lipinski definition) is 6. The summed E-state index contributed by atoms with van der Waals surface area (Å²) in [4.78, 5) is 8.56. The van der Waals surface area contributed by atoms with E-state index < -0.39 is 0 Å². The predicted octanol–water partition coefficient (Wildman–Crippen LogP) is 1.91. The third-order valence-electron chi connectivity index (χ3n) is 3.22. The second kappa shape index (κ2) is 9.51. The molecule has 2 rings (SSSR count). The molecule has 1 aromatic heterocycles. The van der Waals surface area contributed by atoms with Gasteiger partial charge in [-0.05, 0) is 32.9 Å². The molecule has 25 heavy (non-hydrogen) atoms. The van der Waals surface area contributed by atoms with Crippen LogP contribution >= 0.6 is 0 Å². The second-order valence-corrected chi connectivity index (χ2v) is 5.42. The van der Waals surface area contributed by atoms with E-state index in [1.54, 1.807) is 14.0 Å². The number of benzene rings is 1. The highest BCUT2D eigenvalue weighted by atomic mass is 16.5. The average Bonchev–Trinajstić information content (AvgIpc) is 3.03. The molecule has 0 radical (unpaired) electrons. The SMILES string of the molecule is CCNC(=NCc1nc(C)no1)NCC(C)Oc1cccc(OC)c1. The van der Waals surface area contributed by atoms with Crippen LogP contribution in [0.25, 0.3) is 0 Å². The molecule has 0 spiro atoms. The summed E-state index contributed by atoms with van der Waals surface area (Å²) < 4.78 is 16.1. The Hall–Kier alpha value is -2.77. The molecule has 136 valence electrons. The molecule has 0 saturated heterocycles. The summed E-state index contributed by atoms with van der Waals surface area (Å²) in [5.41, 5.74) is 0. The first-order valence-electron chi connectivity index (χ1n) is 8.22. The van der Waals surface area contributed by atoms with Crippen molar-refractivity contribution in [2.24, 2.45) is 4.99 Å². The fraction of sp³-hybridized carbons (Fsp3) is 0.471. The van der Waals surface area contributed by atoms with Gasteiger partial charge in [0.2, 0.25) is 5.89 Å². The van der Waals surface area contributed by atoms with Crippen molar-refractivity contribution in [2.45, 2.75) is 33.4 Å². The van der Waals surface area contributed by atoms with Gasteiger partial charge in [-0.2, -0.15) is 4.98 Å². The van der Waals surface area contributed by atoms with Crippen LogP contribution in [-0.2, 0) is 6.54 Å². The zero-order chi connectivity index (χ0) is 18.1. The van der Waals surface area contributed by atoms with Gasteiger partial charge in [-0.25, -0.2) is 4.99 Å². The van der Waals surface area contributed by atoms with Crippen molar-refractivity contribution in [3.8, 4) is 11.5 Å². The van der Waals surface area contributed by atoms with Gasteiger partial charge in [0.1, 0.15) is 24.1 Å². The van der Waals surface area contributed by atoms with Gasteiger partial charge in [0.25, 0.3) is 0 Å². The van der Waals surface area contributed by atoms with Crippen LogP contribution in [0.5, 0.6) is 11.5 Å². The number of ether oxygens (including phenoxy) is 2. The van der Waals surface area contributed by atoms with Crippen molar-refractivity contribution in [2.75, 3.05) is 20.2 Å². The standard InChI is InChI=1S/C17H25N5O3/c1-5-18-17(20-11-16-21-13(3)22-25-16)19-10-12(2)24-15-8-6-7-14(9-15)23-4/h6-9,12H,5,10-11H2,1-4H3,(H2,18,19,20). The van der Waals surface area contributed by atoms with Crippen molar-refractivity contribution < 1.29 is 14.0 Å². The first-order valence-corrected chi connectivity index (χ1v) is 8.22. The Balaban J connectivity index is 1.86. The normalized spacial score (nSPS) is 12.6. The van der Waals surface area contributed by atoms with Crippen molar-refractivity contribution in [1.29, 1.82) is 0 Å². The van der Waals surface area contributed by atoms with Crippen LogP contribution in [0.1, 0.15) is 25.6 Å². The Bertz CT molecular complexity index is 686. The molecule has 1 aromatic carbocycles. The number of nitrogens with one attached hydrogen (secondary N) is 2. The maximum Gasteiger partial charge on any atom is 0.248 e. The van der Waals surface area contributed by atoms with Gasteiger partial charge in [-0.15, -0.1) is 0 Å². The van der Waals surface area contributed by atoms with Crippen LogP contribution in [0, 0.1) is 6.92 Å². The van der Waals surface area contributed by atoms with E-state index in [0.29, 0.717) is 30.8 Å². The summed E-state index contributed by atoms with van der Waals surface area (Å²) in [6.07, 6.45) is -0.0541. The molecular weight excluding hydrogens is 322 g/mol. The minimum absolute atomic E-state index is 0.0541. The van der Waals surface area contributed by atoms with Gasteiger partial charge in [0, 0.05) is 12.6 Å². The molecule has 0 saturated carbocycles. The summed E-state index contributed by atoms with van der Waals surface area (Å²) in [5, 5.41) is 10.2. The number of guanidine groups is 1. The molecule has 1 atom stereocenters. The highest BCUT2D eigenvalue weighted by molar-refractivity contribution is 5.79. The number of rotatable bonds is 8. The van der Waals surface area contributed by atoms with Crippen LogP contribution < -0.4 is 20.1 Å². The number of methoxy groups -OCH3 is 1. The molecule has 1 unspecified atom stereocenters.